The molecular formula is C19H27N7O. The number of nitrogens with zero attached hydrogens (tertiary/aromatic N) is 7. The lowest BCUT2D eigenvalue weighted by molar-refractivity contribution is 0.147. The Labute approximate surface area is 159 Å². The summed E-state index contributed by atoms with van der Waals surface area (Å²) in [6.45, 7) is 4.16. The first-order chi connectivity index (χ1) is 13.3. The van der Waals surface area contributed by atoms with Crippen molar-refractivity contribution in [3.05, 3.63) is 30.1 Å². The van der Waals surface area contributed by atoms with Crippen LogP contribution in [0.3, 0.4) is 0 Å². The van der Waals surface area contributed by atoms with Crippen LogP contribution >= 0.6 is 0 Å². The zero-order chi connectivity index (χ0) is 18.2. The normalized spacial score (nSPS) is 21.2. The molecule has 8 nitrogen and oxygen atoms in total. The highest BCUT2D eigenvalue weighted by molar-refractivity contribution is 5.74. The monoisotopic (exact) mass is 369 g/mol. The predicted octanol–water partition coefficient (Wildman–Crippen LogP) is 2.25. The van der Waals surface area contributed by atoms with Gasteiger partial charge >= 0.3 is 6.03 Å². The van der Waals surface area contributed by atoms with Gasteiger partial charge in [-0.3, -0.25) is 4.68 Å². The van der Waals surface area contributed by atoms with Crippen LogP contribution in [-0.4, -0.2) is 66.6 Å². The molecule has 0 atom stereocenters. The minimum atomic E-state index is 0.231. The van der Waals surface area contributed by atoms with Crippen LogP contribution in [0.25, 0.3) is 0 Å². The van der Waals surface area contributed by atoms with Crippen LogP contribution in [0.5, 0.6) is 0 Å². The first kappa shape index (κ1) is 16.8. The number of likely N-dealkylation sites (tertiary alicyclic amines) is 2. The molecule has 2 aliphatic heterocycles. The fourth-order valence-corrected chi connectivity index (χ4v) is 4.43. The standard InChI is InChI=1S/C19H27N7O/c27-19(23-9-1-2-10-23)24-12-6-15(7-13-24)18-22-21-17(26(18)16-4-5-16)14-25-11-3-8-20-25/h3,8,11,15-16H,1-2,4-7,9-10,12-14H2. The van der Waals surface area contributed by atoms with Gasteiger partial charge in [-0.05, 0) is 44.6 Å². The van der Waals surface area contributed by atoms with Crippen molar-refractivity contribution in [1.82, 2.24) is 34.3 Å². The fraction of sp³-hybridized carbons (Fsp3) is 0.684. The van der Waals surface area contributed by atoms with Crippen molar-refractivity contribution in [2.75, 3.05) is 26.2 Å². The van der Waals surface area contributed by atoms with Crippen molar-refractivity contribution in [2.45, 2.75) is 57.0 Å². The molecule has 2 aromatic heterocycles. The largest absolute Gasteiger partial charge is 0.325 e. The van der Waals surface area contributed by atoms with Crippen molar-refractivity contribution < 1.29 is 4.79 Å². The SMILES string of the molecule is O=C(N1CCCC1)N1CCC(c2nnc(Cn3cccn3)n2C2CC2)CC1. The lowest BCUT2D eigenvalue weighted by Crippen LogP contribution is -2.45. The van der Waals surface area contributed by atoms with Crippen molar-refractivity contribution in [1.29, 1.82) is 0 Å². The van der Waals surface area contributed by atoms with Crippen molar-refractivity contribution >= 4 is 6.03 Å². The molecule has 8 heteroatoms. The number of rotatable bonds is 4. The van der Waals surface area contributed by atoms with E-state index >= 15 is 0 Å². The summed E-state index contributed by atoms with van der Waals surface area (Å²) in [5, 5.41) is 13.4. The number of carbonyl (C=O) groups excluding carboxylic acids is 1. The molecule has 1 saturated carbocycles. The molecular weight excluding hydrogens is 342 g/mol. The quantitative estimate of drug-likeness (QED) is 0.829. The topological polar surface area (TPSA) is 72.1 Å². The van der Waals surface area contributed by atoms with Gasteiger partial charge in [-0.25, -0.2) is 4.79 Å². The lowest BCUT2D eigenvalue weighted by atomic mass is 9.96. The highest BCUT2D eigenvalue weighted by Gasteiger charge is 2.35. The number of carbonyl (C=O) groups is 1. The Bertz CT molecular complexity index is 781. The Morgan fingerprint density at radius 3 is 2.41 bits per heavy atom. The Kier molecular flexibility index (Phi) is 4.33. The van der Waals surface area contributed by atoms with Crippen LogP contribution < -0.4 is 0 Å². The van der Waals surface area contributed by atoms with E-state index in [1.807, 2.05) is 26.7 Å². The molecule has 0 bridgehead atoms. The lowest BCUT2D eigenvalue weighted by Gasteiger charge is -2.34. The van der Waals surface area contributed by atoms with E-state index in [2.05, 4.69) is 19.9 Å². The number of urea groups is 1. The van der Waals surface area contributed by atoms with Crippen LogP contribution in [-0.2, 0) is 6.54 Å². The number of hydrogen-bond donors (Lipinski definition) is 0. The molecule has 0 radical (unpaired) electrons. The number of piperidine rings is 1. The molecule has 2 aromatic rings. The molecule has 1 aliphatic carbocycles. The third-order valence-electron chi connectivity index (χ3n) is 6.07. The van der Waals surface area contributed by atoms with Gasteiger partial charge in [0.15, 0.2) is 5.82 Å². The average molecular weight is 369 g/mol. The first-order valence-corrected chi connectivity index (χ1v) is 10.2. The molecule has 27 heavy (non-hydrogen) atoms. The molecule has 0 N–H and O–H groups in total. The molecule has 2 saturated heterocycles. The molecule has 0 aromatic carbocycles. The zero-order valence-corrected chi connectivity index (χ0v) is 15.7. The molecule has 0 spiro atoms. The second kappa shape index (κ2) is 6.98. The van der Waals surface area contributed by atoms with E-state index in [1.165, 1.54) is 12.8 Å². The Hall–Kier alpha value is -2.38. The van der Waals surface area contributed by atoms with Crippen molar-refractivity contribution in [3.8, 4) is 0 Å². The van der Waals surface area contributed by atoms with Crippen LogP contribution in [0.1, 0.15) is 62.1 Å². The minimum absolute atomic E-state index is 0.231. The van der Waals surface area contributed by atoms with E-state index in [0.29, 0.717) is 18.5 Å². The summed E-state index contributed by atoms with van der Waals surface area (Å²) < 4.78 is 4.27. The van der Waals surface area contributed by atoms with Gasteiger partial charge in [0, 0.05) is 50.5 Å². The molecule has 5 rings (SSSR count). The van der Waals surface area contributed by atoms with E-state index in [0.717, 1.165) is 63.5 Å². The van der Waals surface area contributed by atoms with Gasteiger partial charge in [-0.1, -0.05) is 0 Å². The summed E-state index contributed by atoms with van der Waals surface area (Å²) in [4.78, 5) is 16.7. The second-order valence-electron chi connectivity index (χ2n) is 8.02. The third kappa shape index (κ3) is 3.33. The highest BCUT2D eigenvalue weighted by Crippen LogP contribution is 2.40. The number of aromatic nitrogens is 5. The zero-order valence-electron chi connectivity index (χ0n) is 15.7. The Balaban J connectivity index is 1.28. The van der Waals surface area contributed by atoms with Crippen LogP contribution in [0.2, 0.25) is 0 Å². The van der Waals surface area contributed by atoms with Crippen molar-refractivity contribution in [3.63, 3.8) is 0 Å². The maximum absolute atomic E-state index is 12.6. The van der Waals surface area contributed by atoms with Crippen LogP contribution in [0.15, 0.2) is 18.5 Å². The molecule has 3 aliphatic rings. The van der Waals surface area contributed by atoms with E-state index in [4.69, 9.17) is 0 Å². The fourth-order valence-electron chi connectivity index (χ4n) is 4.43. The minimum Gasteiger partial charge on any atom is -0.325 e. The molecule has 4 heterocycles. The second-order valence-corrected chi connectivity index (χ2v) is 8.02. The summed E-state index contributed by atoms with van der Waals surface area (Å²) >= 11 is 0. The molecule has 0 unspecified atom stereocenters. The summed E-state index contributed by atoms with van der Waals surface area (Å²) in [5.74, 6) is 2.52. The summed E-state index contributed by atoms with van der Waals surface area (Å²) in [5.41, 5.74) is 0. The van der Waals surface area contributed by atoms with Gasteiger partial charge in [0.05, 0.1) is 0 Å². The van der Waals surface area contributed by atoms with Gasteiger partial charge in [-0.2, -0.15) is 5.10 Å². The van der Waals surface area contributed by atoms with E-state index in [9.17, 15) is 4.79 Å². The third-order valence-corrected chi connectivity index (χ3v) is 6.07. The first-order valence-electron chi connectivity index (χ1n) is 10.2. The van der Waals surface area contributed by atoms with Gasteiger partial charge in [0.25, 0.3) is 0 Å². The summed E-state index contributed by atoms with van der Waals surface area (Å²) in [7, 11) is 0. The summed E-state index contributed by atoms with van der Waals surface area (Å²) in [6.07, 6.45) is 10.4. The number of amides is 2. The van der Waals surface area contributed by atoms with Gasteiger partial charge in [0.1, 0.15) is 12.4 Å². The Morgan fingerprint density at radius 1 is 1.00 bits per heavy atom. The maximum Gasteiger partial charge on any atom is 0.319 e. The van der Waals surface area contributed by atoms with Gasteiger partial charge in [-0.15, -0.1) is 10.2 Å². The Morgan fingerprint density at radius 2 is 1.74 bits per heavy atom. The van der Waals surface area contributed by atoms with Gasteiger partial charge in [0.2, 0.25) is 0 Å². The van der Waals surface area contributed by atoms with E-state index in [-0.39, 0.29) is 6.03 Å². The predicted molar refractivity (Wildman–Crippen MR) is 99.4 cm³/mol. The summed E-state index contributed by atoms with van der Waals surface area (Å²) in [6, 6.07) is 2.71. The molecule has 144 valence electrons. The van der Waals surface area contributed by atoms with Crippen LogP contribution in [0.4, 0.5) is 4.79 Å². The van der Waals surface area contributed by atoms with Gasteiger partial charge < -0.3 is 14.4 Å². The van der Waals surface area contributed by atoms with Crippen LogP contribution in [0, 0.1) is 0 Å². The molecule has 3 fully saturated rings. The smallest absolute Gasteiger partial charge is 0.319 e. The highest BCUT2D eigenvalue weighted by atomic mass is 16.2. The van der Waals surface area contributed by atoms with E-state index in [1.54, 1.807) is 6.20 Å². The average Bonchev–Trinajstić information content (AvgIpc) is 3.12. The number of hydrogen-bond acceptors (Lipinski definition) is 4. The maximum atomic E-state index is 12.6. The molecule has 2 amide bonds. The van der Waals surface area contributed by atoms with Crippen molar-refractivity contribution in [2.24, 2.45) is 0 Å². The van der Waals surface area contributed by atoms with E-state index < -0.39 is 0 Å².